The van der Waals surface area contributed by atoms with Gasteiger partial charge in [-0.05, 0) is 18.9 Å². The van der Waals surface area contributed by atoms with Crippen molar-refractivity contribution < 1.29 is 9.53 Å². The average molecular weight is 302 g/mol. The maximum atomic E-state index is 11.6. The standard InChI is InChI=1S/C16H22N4O2/c1-14(15-6-3-2-4-7-15)22-11-5-9-18-16(21)8-10-20-13-17-12-19-20/h2-4,6-7,12-14H,5,8-11H2,1H3,(H,18,21). The van der Waals surface area contributed by atoms with Gasteiger partial charge in [-0.3, -0.25) is 9.48 Å². The molecule has 1 unspecified atom stereocenters. The molecule has 0 radical (unpaired) electrons. The van der Waals surface area contributed by atoms with E-state index in [2.05, 4.69) is 27.5 Å². The van der Waals surface area contributed by atoms with Gasteiger partial charge in [0, 0.05) is 19.6 Å². The fourth-order valence-corrected chi connectivity index (χ4v) is 2.03. The molecule has 118 valence electrons. The molecule has 1 amide bonds. The van der Waals surface area contributed by atoms with Gasteiger partial charge in [0.25, 0.3) is 0 Å². The van der Waals surface area contributed by atoms with Crippen LogP contribution in [-0.2, 0) is 16.1 Å². The average Bonchev–Trinajstić information content (AvgIpc) is 3.06. The Bertz CT molecular complexity index is 543. The van der Waals surface area contributed by atoms with Crippen LogP contribution in [0.5, 0.6) is 0 Å². The molecule has 22 heavy (non-hydrogen) atoms. The Balaban J connectivity index is 1.52. The molecule has 0 bridgehead atoms. The van der Waals surface area contributed by atoms with Crippen LogP contribution in [0.25, 0.3) is 0 Å². The minimum Gasteiger partial charge on any atom is -0.374 e. The predicted molar refractivity (Wildman–Crippen MR) is 83.1 cm³/mol. The van der Waals surface area contributed by atoms with Crippen LogP contribution in [0.15, 0.2) is 43.0 Å². The molecule has 6 nitrogen and oxygen atoms in total. The van der Waals surface area contributed by atoms with Gasteiger partial charge < -0.3 is 10.1 Å². The Kier molecular flexibility index (Phi) is 6.57. The molecular formula is C16H22N4O2. The minimum atomic E-state index is 0.0200. The molecule has 0 saturated carbocycles. The number of carbonyl (C=O) groups is 1. The first-order valence-corrected chi connectivity index (χ1v) is 7.51. The highest BCUT2D eigenvalue weighted by molar-refractivity contribution is 5.75. The van der Waals surface area contributed by atoms with Gasteiger partial charge >= 0.3 is 0 Å². The van der Waals surface area contributed by atoms with Crippen LogP contribution >= 0.6 is 0 Å². The summed E-state index contributed by atoms with van der Waals surface area (Å²) in [5, 5.41) is 6.83. The Labute approximate surface area is 130 Å². The van der Waals surface area contributed by atoms with Crippen molar-refractivity contribution >= 4 is 5.91 Å². The van der Waals surface area contributed by atoms with Crippen LogP contribution in [0.3, 0.4) is 0 Å². The zero-order valence-electron chi connectivity index (χ0n) is 12.8. The fourth-order valence-electron chi connectivity index (χ4n) is 2.03. The molecule has 1 aromatic carbocycles. The maximum absolute atomic E-state index is 11.6. The number of amides is 1. The second kappa shape index (κ2) is 8.94. The molecule has 0 aliphatic rings. The lowest BCUT2D eigenvalue weighted by atomic mass is 10.1. The van der Waals surface area contributed by atoms with Crippen molar-refractivity contribution in [2.45, 2.75) is 32.4 Å². The molecule has 2 rings (SSSR count). The fraction of sp³-hybridized carbons (Fsp3) is 0.438. The number of hydrogen-bond donors (Lipinski definition) is 1. The zero-order chi connectivity index (χ0) is 15.6. The minimum absolute atomic E-state index is 0.0200. The third-order valence-electron chi connectivity index (χ3n) is 3.31. The van der Waals surface area contributed by atoms with Gasteiger partial charge in [0.05, 0.1) is 12.6 Å². The molecule has 0 spiro atoms. The van der Waals surface area contributed by atoms with Crippen LogP contribution < -0.4 is 5.32 Å². The molecule has 0 fully saturated rings. The summed E-state index contributed by atoms with van der Waals surface area (Å²) in [5.41, 5.74) is 1.17. The van der Waals surface area contributed by atoms with Crippen molar-refractivity contribution in [3.8, 4) is 0 Å². The first-order chi connectivity index (χ1) is 10.8. The van der Waals surface area contributed by atoms with Crippen LogP contribution in [0.2, 0.25) is 0 Å². The first kappa shape index (κ1) is 16.2. The molecule has 1 aromatic heterocycles. The molecule has 0 saturated heterocycles. The van der Waals surface area contributed by atoms with Gasteiger partial charge in [-0.15, -0.1) is 0 Å². The molecular weight excluding hydrogens is 280 g/mol. The quantitative estimate of drug-likeness (QED) is 0.719. The Morgan fingerprint density at radius 3 is 2.91 bits per heavy atom. The zero-order valence-corrected chi connectivity index (χ0v) is 12.8. The molecule has 0 aliphatic carbocycles. The lowest BCUT2D eigenvalue weighted by Crippen LogP contribution is -2.26. The summed E-state index contributed by atoms with van der Waals surface area (Å²) in [5.74, 6) is 0.0200. The third-order valence-corrected chi connectivity index (χ3v) is 3.31. The second-order valence-electron chi connectivity index (χ2n) is 5.04. The molecule has 0 aliphatic heterocycles. The molecule has 6 heteroatoms. The van der Waals surface area contributed by atoms with E-state index in [1.54, 1.807) is 11.0 Å². The van der Waals surface area contributed by atoms with Crippen molar-refractivity contribution in [1.29, 1.82) is 0 Å². The number of rotatable bonds is 9. The van der Waals surface area contributed by atoms with Crippen molar-refractivity contribution in [1.82, 2.24) is 20.1 Å². The largest absolute Gasteiger partial charge is 0.374 e. The summed E-state index contributed by atoms with van der Waals surface area (Å²) in [7, 11) is 0. The number of carbonyl (C=O) groups excluding carboxylic acids is 1. The number of hydrogen-bond acceptors (Lipinski definition) is 4. The van der Waals surface area contributed by atoms with E-state index in [0.29, 0.717) is 26.1 Å². The summed E-state index contributed by atoms with van der Waals surface area (Å²) in [6.45, 7) is 3.83. The van der Waals surface area contributed by atoms with E-state index >= 15 is 0 Å². The monoisotopic (exact) mass is 302 g/mol. The van der Waals surface area contributed by atoms with E-state index in [4.69, 9.17) is 4.74 Å². The topological polar surface area (TPSA) is 69.0 Å². The van der Waals surface area contributed by atoms with Crippen LogP contribution in [0.1, 0.15) is 31.4 Å². The Morgan fingerprint density at radius 1 is 1.36 bits per heavy atom. The predicted octanol–water partition coefficient (Wildman–Crippen LogP) is 1.95. The van der Waals surface area contributed by atoms with Gasteiger partial charge in [-0.25, -0.2) is 4.98 Å². The van der Waals surface area contributed by atoms with Crippen LogP contribution in [0.4, 0.5) is 0 Å². The molecule has 2 aromatic rings. The highest BCUT2D eigenvalue weighted by Crippen LogP contribution is 2.15. The van der Waals surface area contributed by atoms with Crippen molar-refractivity contribution in [3.05, 3.63) is 48.5 Å². The van der Waals surface area contributed by atoms with Crippen LogP contribution in [-0.4, -0.2) is 33.8 Å². The van der Waals surface area contributed by atoms with E-state index in [1.807, 2.05) is 25.1 Å². The van der Waals surface area contributed by atoms with E-state index in [-0.39, 0.29) is 12.0 Å². The van der Waals surface area contributed by atoms with E-state index in [1.165, 1.54) is 11.9 Å². The Hall–Kier alpha value is -2.21. The lowest BCUT2D eigenvalue weighted by molar-refractivity contribution is -0.121. The van der Waals surface area contributed by atoms with Gasteiger partial charge in [-0.2, -0.15) is 5.10 Å². The summed E-state index contributed by atoms with van der Waals surface area (Å²) < 4.78 is 7.40. The summed E-state index contributed by atoms with van der Waals surface area (Å²) >= 11 is 0. The first-order valence-electron chi connectivity index (χ1n) is 7.51. The van der Waals surface area contributed by atoms with Crippen molar-refractivity contribution in [3.63, 3.8) is 0 Å². The van der Waals surface area contributed by atoms with Crippen molar-refractivity contribution in [2.24, 2.45) is 0 Å². The highest BCUT2D eigenvalue weighted by Gasteiger charge is 2.05. The number of benzene rings is 1. The smallest absolute Gasteiger partial charge is 0.221 e. The highest BCUT2D eigenvalue weighted by atomic mass is 16.5. The normalized spacial score (nSPS) is 12.0. The number of aromatic nitrogens is 3. The van der Waals surface area contributed by atoms with Crippen LogP contribution in [0, 0.1) is 0 Å². The lowest BCUT2D eigenvalue weighted by Gasteiger charge is -2.13. The summed E-state index contributed by atoms with van der Waals surface area (Å²) in [4.78, 5) is 15.5. The number of aryl methyl sites for hydroxylation is 1. The molecule has 1 N–H and O–H groups in total. The van der Waals surface area contributed by atoms with E-state index < -0.39 is 0 Å². The van der Waals surface area contributed by atoms with E-state index in [0.717, 1.165) is 6.42 Å². The van der Waals surface area contributed by atoms with Gasteiger partial charge in [-0.1, -0.05) is 30.3 Å². The SMILES string of the molecule is CC(OCCCNC(=O)CCn1cncn1)c1ccccc1. The molecule has 1 atom stereocenters. The number of ether oxygens (including phenoxy) is 1. The maximum Gasteiger partial charge on any atom is 0.221 e. The van der Waals surface area contributed by atoms with Gasteiger partial charge in [0.15, 0.2) is 0 Å². The number of nitrogens with one attached hydrogen (secondary N) is 1. The Morgan fingerprint density at radius 2 is 2.18 bits per heavy atom. The molecule has 1 heterocycles. The van der Waals surface area contributed by atoms with E-state index in [9.17, 15) is 4.79 Å². The number of nitrogens with zero attached hydrogens (tertiary/aromatic N) is 3. The van der Waals surface area contributed by atoms with Gasteiger partial charge in [0.1, 0.15) is 12.7 Å². The summed E-state index contributed by atoms with van der Waals surface area (Å²) in [6.07, 6.45) is 4.34. The second-order valence-corrected chi connectivity index (χ2v) is 5.04. The summed E-state index contributed by atoms with van der Waals surface area (Å²) in [6, 6.07) is 10.1. The van der Waals surface area contributed by atoms with Crippen molar-refractivity contribution in [2.75, 3.05) is 13.2 Å². The van der Waals surface area contributed by atoms with Gasteiger partial charge in [0.2, 0.25) is 5.91 Å². The third kappa shape index (κ3) is 5.65.